The number of hydrogen-bond acceptors (Lipinski definition) is 4. The van der Waals surface area contributed by atoms with Gasteiger partial charge in [-0.25, -0.2) is 4.79 Å². The second-order valence-electron chi connectivity index (χ2n) is 7.81. The van der Waals surface area contributed by atoms with Crippen molar-refractivity contribution in [2.75, 3.05) is 6.54 Å². The highest BCUT2D eigenvalue weighted by Crippen LogP contribution is 2.50. The lowest BCUT2D eigenvalue weighted by Gasteiger charge is -2.28. The van der Waals surface area contributed by atoms with E-state index < -0.39 is 35.8 Å². The third kappa shape index (κ3) is 3.65. The molecule has 6 nitrogen and oxygen atoms in total. The first-order valence-corrected chi connectivity index (χ1v) is 10.9. The lowest BCUT2D eigenvalue weighted by Crippen LogP contribution is -2.40. The Balaban J connectivity index is 1.55. The molecule has 2 aliphatic rings. The molecule has 2 N–H and O–H groups in total. The van der Waals surface area contributed by atoms with E-state index in [-0.39, 0.29) is 18.7 Å². The number of urea groups is 1. The minimum atomic E-state index is -4.53. The fraction of sp³-hybridized carbons (Fsp3) is 0.217. The summed E-state index contributed by atoms with van der Waals surface area (Å²) >= 11 is 1.04. The molecule has 3 heterocycles. The molecule has 170 valence electrons. The highest BCUT2D eigenvalue weighted by Gasteiger charge is 2.51. The van der Waals surface area contributed by atoms with Gasteiger partial charge in [-0.1, -0.05) is 48.5 Å². The van der Waals surface area contributed by atoms with Gasteiger partial charge in [0.1, 0.15) is 18.7 Å². The van der Waals surface area contributed by atoms with Crippen molar-refractivity contribution in [3.8, 4) is 10.4 Å². The molecule has 2 bridgehead atoms. The predicted octanol–water partition coefficient (Wildman–Crippen LogP) is 4.88. The zero-order valence-electron chi connectivity index (χ0n) is 17.1. The van der Waals surface area contributed by atoms with Crippen LogP contribution < -0.4 is 5.73 Å². The van der Waals surface area contributed by atoms with Crippen LogP contribution in [-0.2, 0) is 22.4 Å². The molecular formula is C23H18F3N3O3S. The van der Waals surface area contributed by atoms with Gasteiger partial charge in [0, 0.05) is 15.3 Å². The number of thiophene rings is 1. The van der Waals surface area contributed by atoms with Crippen LogP contribution in [0.25, 0.3) is 10.4 Å². The quantitative estimate of drug-likeness (QED) is 0.574. The van der Waals surface area contributed by atoms with Gasteiger partial charge in [0.05, 0.1) is 12.1 Å². The highest BCUT2D eigenvalue weighted by molar-refractivity contribution is 7.16. The lowest BCUT2D eigenvalue weighted by molar-refractivity contribution is -0.141. The number of nitrogens with two attached hydrogens (primary N) is 1. The minimum Gasteiger partial charge on any atom is -0.368 e. The minimum absolute atomic E-state index is 0.0153. The molecule has 1 fully saturated rings. The zero-order chi connectivity index (χ0) is 23.3. The Labute approximate surface area is 190 Å². The lowest BCUT2D eigenvalue weighted by atomic mass is 9.97. The summed E-state index contributed by atoms with van der Waals surface area (Å²) in [6.45, 7) is 0.284. The van der Waals surface area contributed by atoms with E-state index in [2.05, 4.69) is 0 Å². The van der Waals surface area contributed by atoms with Crippen LogP contribution in [0.5, 0.6) is 0 Å². The van der Waals surface area contributed by atoms with E-state index in [0.29, 0.717) is 15.3 Å². The number of benzene rings is 2. The SMILES string of the molecule is NC(=O)[C@@H]1c2sc(-c3ccccc3C(F)(F)F)cc2[C@H]2CN1C(=O)N2OCc1ccccc1. The Morgan fingerprint density at radius 2 is 1.82 bits per heavy atom. The van der Waals surface area contributed by atoms with E-state index in [1.807, 2.05) is 30.3 Å². The van der Waals surface area contributed by atoms with Gasteiger partial charge in [-0.05, 0) is 23.3 Å². The monoisotopic (exact) mass is 473 g/mol. The van der Waals surface area contributed by atoms with Crippen LogP contribution in [-0.4, -0.2) is 28.4 Å². The van der Waals surface area contributed by atoms with Gasteiger partial charge in [-0.15, -0.1) is 11.3 Å². The van der Waals surface area contributed by atoms with Gasteiger partial charge < -0.3 is 10.6 Å². The van der Waals surface area contributed by atoms with Crippen LogP contribution in [0.3, 0.4) is 0 Å². The molecule has 0 radical (unpaired) electrons. The normalized spacial score (nSPS) is 19.7. The molecule has 10 heteroatoms. The molecule has 33 heavy (non-hydrogen) atoms. The van der Waals surface area contributed by atoms with Gasteiger partial charge in [-0.3, -0.25) is 9.63 Å². The number of rotatable bonds is 5. The van der Waals surface area contributed by atoms with Gasteiger partial charge >= 0.3 is 12.2 Å². The number of hydrogen-bond donors (Lipinski definition) is 1. The zero-order valence-corrected chi connectivity index (χ0v) is 17.9. The Bertz CT molecular complexity index is 1230. The highest BCUT2D eigenvalue weighted by atomic mass is 32.1. The predicted molar refractivity (Wildman–Crippen MR) is 115 cm³/mol. The number of hydroxylamine groups is 2. The van der Waals surface area contributed by atoms with Crippen molar-refractivity contribution in [2.24, 2.45) is 5.73 Å². The van der Waals surface area contributed by atoms with Crippen molar-refractivity contribution >= 4 is 23.3 Å². The van der Waals surface area contributed by atoms with Crippen LogP contribution in [0.2, 0.25) is 0 Å². The summed E-state index contributed by atoms with van der Waals surface area (Å²) in [4.78, 5) is 33.2. The average molecular weight is 473 g/mol. The molecule has 2 atom stereocenters. The van der Waals surface area contributed by atoms with Crippen molar-refractivity contribution < 1.29 is 27.6 Å². The van der Waals surface area contributed by atoms with E-state index in [9.17, 15) is 22.8 Å². The van der Waals surface area contributed by atoms with Gasteiger partial charge in [0.15, 0.2) is 0 Å². The molecule has 2 aliphatic heterocycles. The average Bonchev–Trinajstić information content (AvgIpc) is 3.34. The molecule has 3 aromatic rings. The Kier molecular flexibility index (Phi) is 5.13. The maximum atomic E-state index is 13.6. The molecule has 1 aromatic heterocycles. The summed E-state index contributed by atoms with van der Waals surface area (Å²) in [5.74, 6) is -0.745. The third-order valence-corrected chi connectivity index (χ3v) is 7.01. The second-order valence-corrected chi connectivity index (χ2v) is 8.90. The topological polar surface area (TPSA) is 75.9 Å². The smallest absolute Gasteiger partial charge is 0.368 e. The fourth-order valence-electron chi connectivity index (χ4n) is 4.30. The molecule has 3 amide bonds. The molecule has 1 saturated heterocycles. The second kappa shape index (κ2) is 7.89. The number of alkyl halides is 3. The van der Waals surface area contributed by atoms with Crippen LogP contribution in [0, 0.1) is 0 Å². The number of carbonyl (C=O) groups is 2. The van der Waals surface area contributed by atoms with Crippen LogP contribution in [0.15, 0.2) is 60.7 Å². The first-order valence-electron chi connectivity index (χ1n) is 10.1. The fourth-order valence-corrected chi connectivity index (χ4v) is 5.68. The molecule has 0 saturated carbocycles. The summed E-state index contributed by atoms with van der Waals surface area (Å²) in [6.07, 6.45) is -4.53. The molecule has 5 rings (SSSR count). The number of fused-ring (bicyclic) bond motifs is 4. The van der Waals surface area contributed by atoms with Gasteiger partial charge in [-0.2, -0.15) is 18.2 Å². The standard InChI is InChI=1S/C23H18F3N3O3S/c24-23(25,26)16-9-5-4-8-14(16)18-10-15-17-11-28(19(21(27)30)20(15)33-18)22(31)29(17)32-12-13-6-2-1-3-7-13/h1-10,17,19H,11-12H2,(H2,27,30)/t17-,19+/m1/s1. The van der Waals surface area contributed by atoms with Crippen LogP contribution >= 0.6 is 11.3 Å². The van der Waals surface area contributed by atoms with Crippen molar-refractivity contribution in [3.63, 3.8) is 0 Å². The number of nitrogens with zero attached hydrogens (tertiary/aromatic N) is 2. The van der Waals surface area contributed by atoms with E-state index in [1.54, 1.807) is 6.07 Å². The van der Waals surface area contributed by atoms with E-state index >= 15 is 0 Å². The van der Waals surface area contributed by atoms with Crippen LogP contribution in [0.1, 0.15) is 33.7 Å². The van der Waals surface area contributed by atoms with Gasteiger partial charge in [0.25, 0.3) is 0 Å². The largest absolute Gasteiger partial charge is 0.417 e. The van der Waals surface area contributed by atoms with E-state index in [0.717, 1.165) is 23.0 Å². The van der Waals surface area contributed by atoms with E-state index in [4.69, 9.17) is 10.6 Å². The molecular weight excluding hydrogens is 455 g/mol. The summed E-state index contributed by atoms with van der Waals surface area (Å²) in [5.41, 5.74) is 6.29. The Morgan fingerprint density at radius 3 is 2.52 bits per heavy atom. The Morgan fingerprint density at radius 1 is 1.12 bits per heavy atom. The molecule has 0 unspecified atom stereocenters. The molecule has 0 spiro atoms. The first-order chi connectivity index (χ1) is 15.8. The van der Waals surface area contributed by atoms with Crippen molar-refractivity contribution in [1.29, 1.82) is 0 Å². The third-order valence-electron chi connectivity index (χ3n) is 5.78. The van der Waals surface area contributed by atoms with Crippen LogP contribution in [0.4, 0.5) is 18.0 Å². The van der Waals surface area contributed by atoms with Gasteiger partial charge in [0.2, 0.25) is 5.91 Å². The molecule has 2 aromatic carbocycles. The number of halogens is 3. The maximum absolute atomic E-state index is 13.6. The Hall–Kier alpha value is -3.37. The number of carbonyl (C=O) groups excluding carboxylic acids is 2. The van der Waals surface area contributed by atoms with Crippen molar-refractivity contribution in [1.82, 2.24) is 9.96 Å². The summed E-state index contributed by atoms with van der Waals surface area (Å²) in [7, 11) is 0. The summed E-state index contributed by atoms with van der Waals surface area (Å²) in [5, 5.41) is 1.20. The summed E-state index contributed by atoms with van der Waals surface area (Å²) in [6, 6.07) is 14.0. The number of primary amides is 1. The molecule has 0 aliphatic carbocycles. The maximum Gasteiger partial charge on any atom is 0.417 e. The first kappa shape index (κ1) is 21.5. The van der Waals surface area contributed by atoms with Crippen molar-refractivity contribution in [2.45, 2.75) is 24.9 Å². The van der Waals surface area contributed by atoms with Crippen molar-refractivity contribution in [3.05, 3.63) is 82.2 Å². The van der Waals surface area contributed by atoms with E-state index in [1.165, 1.54) is 28.2 Å². The number of amides is 3. The summed E-state index contributed by atoms with van der Waals surface area (Å²) < 4.78 is 40.8.